The van der Waals surface area contributed by atoms with Gasteiger partial charge in [-0.2, -0.15) is 0 Å². The van der Waals surface area contributed by atoms with E-state index in [4.69, 9.17) is 27.9 Å². The van der Waals surface area contributed by atoms with Crippen molar-refractivity contribution in [2.45, 2.75) is 12.5 Å². The molecule has 1 atom stereocenters. The smallest absolute Gasteiger partial charge is 0.118 e. The van der Waals surface area contributed by atoms with Gasteiger partial charge in [0.1, 0.15) is 5.75 Å². The van der Waals surface area contributed by atoms with Gasteiger partial charge in [-0.1, -0.05) is 41.4 Å². The third-order valence-electron chi connectivity index (χ3n) is 3.81. The summed E-state index contributed by atoms with van der Waals surface area (Å²) >= 11 is 12.3. The molecule has 3 rings (SSSR count). The van der Waals surface area contributed by atoms with Gasteiger partial charge in [-0.25, -0.2) is 4.98 Å². The molecule has 0 aliphatic rings. The van der Waals surface area contributed by atoms with Crippen LogP contribution in [0.2, 0.25) is 10.0 Å². The first-order valence-electron chi connectivity index (χ1n) is 7.22. The summed E-state index contributed by atoms with van der Waals surface area (Å²) in [6.07, 6.45) is 6.30. The first kappa shape index (κ1) is 15.9. The molecule has 0 saturated heterocycles. The van der Waals surface area contributed by atoms with Gasteiger partial charge in [-0.05, 0) is 41.8 Å². The second-order valence-corrected chi connectivity index (χ2v) is 6.08. The minimum atomic E-state index is 0.0991. The van der Waals surface area contributed by atoms with Crippen LogP contribution in [0.15, 0.2) is 61.2 Å². The minimum Gasteiger partial charge on any atom is -0.497 e. The van der Waals surface area contributed by atoms with Crippen molar-refractivity contribution in [2.24, 2.45) is 0 Å². The third-order valence-corrected chi connectivity index (χ3v) is 4.40. The summed E-state index contributed by atoms with van der Waals surface area (Å²) in [6.45, 7) is 0. The molecular weight excluding hydrogens is 331 g/mol. The Labute approximate surface area is 145 Å². The summed E-state index contributed by atoms with van der Waals surface area (Å²) in [7, 11) is 1.66. The molecule has 0 bridgehead atoms. The topological polar surface area (TPSA) is 27.1 Å². The quantitative estimate of drug-likeness (QED) is 0.647. The Morgan fingerprint density at radius 1 is 1.13 bits per heavy atom. The number of hydrogen-bond acceptors (Lipinski definition) is 2. The number of benzene rings is 2. The number of imidazole rings is 1. The number of halogens is 2. The molecule has 5 heteroatoms. The minimum absolute atomic E-state index is 0.0991. The summed E-state index contributed by atoms with van der Waals surface area (Å²) in [5.74, 6) is 0.836. The maximum atomic E-state index is 6.34. The van der Waals surface area contributed by atoms with Gasteiger partial charge in [-0.15, -0.1) is 0 Å². The molecule has 0 saturated carbocycles. The molecule has 2 aromatic carbocycles. The van der Waals surface area contributed by atoms with Crippen molar-refractivity contribution in [1.29, 1.82) is 0 Å². The highest BCUT2D eigenvalue weighted by atomic mass is 35.5. The Morgan fingerprint density at radius 3 is 2.52 bits per heavy atom. The highest BCUT2D eigenvalue weighted by Gasteiger charge is 2.16. The zero-order valence-electron chi connectivity index (χ0n) is 12.6. The predicted molar refractivity (Wildman–Crippen MR) is 93.5 cm³/mol. The Kier molecular flexibility index (Phi) is 4.89. The molecule has 0 N–H and O–H groups in total. The standard InChI is InChI=1S/C18H16Cl2N2O/c1-23-16-6-3-13(4-7-16)18(22-9-8-21-12-22)10-14-2-5-15(19)11-17(14)20/h2-9,11-12,18H,10H2,1H3/t18-/m1/s1. The SMILES string of the molecule is COc1ccc([C@@H](Cc2ccc(Cl)cc2Cl)n2ccnc2)cc1. The van der Waals surface area contributed by atoms with Crippen molar-refractivity contribution in [1.82, 2.24) is 9.55 Å². The van der Waals surface area contributed by atoms with E-state index in [1.807, 2.05) is 36.8 Å². The molecule has 0 amide bonds. The molecule has 0 aliphatic heterocycles. The number of hydrogen-bond donors (Lipinski definition) is 0. The van der Waals surface area contributed by atoms with Gasteiger partial charge in [0.05, 0.1) is 19.5 Å². The van der Waals surface area contributed by atoms with Crippen molar-refractivity contribution >= 4 is 23.2 Å². The van der Waals surface area contributed by atoms with Crippen LogP contribution in [0.3, 0.4) is 0 Å². The summed E-state index contributed by atoms with van der Waals surface area (Å²) in [5, 5.41) is 1.32. The highest BCUT2D eigenvalue weighted by Crippen LogP contribution is 2.29. The van der Waals surface area contributed by atoms with E-state index in [1.165, 1.54) is 0 Å². The lowest BCUT2D eigenvalue weighted by Crippen LogP contribution is -2.12. The molecule has 3 aromatic rings. The zero-order valence-corrected chi connectivity index (χ0v) is 14.1. The molecule has 1 aromatic heterocycles. The fourth-order valence-corrected chi connectivity index (χ4v) is 3.06. The molecular formula is C18H16Cl2N2O. The van der Waals surface area contributed by atoms with Crippen LogP contribution < -0.4 is 4.74 Å². The maximum absolute atomic E-state index is 6.34. The number of methoxy groups -OCH3 is 1. The second kappa shape index (κ2) is 7.07. The fraction of sp³-hybridized carbons (Fsp3) is 0.167. The van der Waals surface area contributed by atoms with E-state index in [0.29, 0.717) is 10.0 Å². The zero-order chi connectivity index (χ0) is 16.2. The molecule has 118 valence electrons. The van der Waals surface area contributed by atoms with Gasteiger partial charge in [-0.3, -0.25) is 0 Å². The van der Waals surface area contributed by atoms with Gasteiger partial charge >= 0.3 is 0 Å². The maximum Gasteiger partial charge on any atom is 0.118 e. The lowest BCUT2D eigenvalue weighted by Gasteiger charge is -2.20. The van der Waals surface area contributed by atoms with E-state index in [0.717, 1.165) is 23.3 Å². The summed E-state index contributed by atoms with van der Waals surface area (Å²) in [5.41, 5.74) is 2.21. The normalized spacial score (nSPS) is 12.1. The van der Waals surface area contributed by atoms with Crippen LogP contribution in [-0.4, -0.2) is 16.7 Å². The van der Waals surface area contributed by atoms with E-state index in [9.17, 15) is 0 Å². The molecule has 0 radical (unpaired) electrons. The second-order valence-electron chi connectivity index (χ2n) is 5.24. The molecule has 3 nitrogen and oxygen atoms in total. The van der Waals surface area contributed by atoms with Crippen LogP contribution in [0.1, 0.15) is 17.2 Å². The van der Waals surface area contributed by atoms with Gasteiger partial charge in [0.15, 0.2) is 0 Å². The number of ether oxygens (including phenoxy) is 1. The van der Waals surface area contributed by atoms with Gasteiger partial charge < -0.3 is 9.30 Å². The first-order chi connectivity index (χ1) is 11.2. The highest BCUT2D eigenvalue weighted by molar-refractivity contribution is 6.35. The third kappa shape index (κ3) is 3.69. The van der Waals surface area contributed by atoms with Crippen LogP contribution >= 0.6 is 23.2 Å². The van der Waals surface area contributed by atoms with Crippen molar-refractivity contribution in [3.63, 3.8) is 0 Å². The van der Waals surface area contributed by atoms with E-state index in [-0.39, 0.29) is 6.04 Å². The van der Waals surface area contributed by atoms with Gasteiger partial charge in [0, 0.05) is 22.4 Å². The molecule has 23 heavy (non-hydrogen) atoms. The molecule has 0 unspecified atom stereocenters. The van der Waals surface area contributed by atoms with Gasteiger partial charge in [0.2, 0.25) is 0 Å². The summed E-state index contributed by atoms with van der Waals surface area (Å²) in [6, 6.07) is 13.8. The van der Waals surface area contributed by atoms with Crippen LogP contribution in [0.25, 0.3) is 0 Å². The summed E-state index contributed by atoms with van der Waals surface area (Å²) < 4.78 is 7.31. The van der Waals surface area contributed by atoms with Gasteiger partial charge in [0.25, 0.3) is 0 Å². The number of nitrogens with zero attached hydrogens (tertiary/aromatic N) is 2. The molecule has 0 fully saturated rings. The molecule has 0 aliphatic carbocycles. The average Bonchev–Trinajstić information content (AvgIpc) is 3.08. The largest absolute Gasteiger partial charge is 0.497 e. The summed E-state index contributed by atoms with van der Waals surface area (Å²) in [4.78, 5) is 4.16. The lowest BCUT2D eigenvalue weighted by atomic mass is 9.98. The Hall–Kier alpha value is -1.97. The lowest BCUT2D eigenvalue weighted by molar-refractivity contribution is 0.414. The monoisotopic (exact) mass is 346 g/mol. The fourth-order valence-electron chi connectivity index (χ4n) is 2.57. The molecule has 1 heterocycles. The Morgan fingerprint density at radius 2 is 1.91 bits per heavy atom. The first-order valence-corrected chi connectivity index (χ1v) is 7.98. The average molecular weight is 347 g/mol. The van der Waals surface area contributed by atoms with E-state index in [2.05, 4.69) is 21.7 Å². The van der Waals surface area contributed by atoms with Crippen LogP contribution in [0, 0.1) is 0 Å². The van der Waals surface area contributed by atoms with E-state index < -0.39 is 0 Å². The van der Waals surface area contributed by atoms with E-state index >= 15 is 0 Å². The Balaban J connectivity index is 1.95. The van der Waals surface area contributed by atoms with E-state index in [1.54, 1.807) is 19.4 Å². The van der Waals surface area contributed by atoms with Crippen molar-refractivity contribution in [2.75, 3.05) is 7.11 Å². The predicted octanol–water partition coefficient (Wildman–Crippen LogP) is 5.03. The Bertz CT molecular complexity index is 770. The van der Waals surface area contributed by atoms with Crippen LogP contribution in [-0.2, 0) is 6.42 Å². The van der Waals surface area contributed by atoms with Crippen molar-refractivity contribution in [3.05, 3.63) is 82.4 Å². The molecule has 0 spiro atoms. The van der Waals surface area contributed by atoms with Crippen LogP contribution in [0.4, 0.5) is 0 Å². The number of rotatable bonds is 5. The number of aromatic nitrogens is 2. The van der Waals surface area contributed by atoms with Crippen molar-refractivity contribution < 1.29 is 4.74 Å². The van der Waals surface area contributed by atoms with Crippen LogP contribution in [0.5, 0.6) is 5.75 Å². The van der Waals surface area contributed by atoms with Crippen molar-refractivity contribution in [3.8, 4) is 5.75 Å².